The Morgan fingerprint density at radius 1 is 0.530 bits per heavy atom. The summed E-state index contributed by atoms with van der Waals surface area (Å²) in [6.07, 6.45) is 0. The zero-order valence-corrected chi connectivity index (χ0v) is 36.3. The average molecular weight is 841 g/mol. The molecule has 0 aliphatic carbocycles. The predicted molar refractivity (Wildman–Crippen MR) is 277 cm³/mol. The summed E-state index contributed by atoms with van der Waals surface area (Å²) in [5, 5.41) is 10.3. The van der Waals surface area contributed by atoms with Crippen LogP contribution in [-0.2, 0) is 5.41 Å². The molecule has 1 N–H and O–H groups in total. The van der Waals surface area contributed by atoms with Crippen molar-refractivity contribution in [3.63, 3.8) is 0 Å². The first-order chi connectivity index (χ1) is 32.7. The first-order valence-corrected chi connectivity index (χ1v) is 23.0. The van der Waals surface area contributed by atoms with Crippen molar-refractivity contribution in [2.45, 2.75) is 12.3 Å². The molecule has 0 unspecified atom stereocenters. The van der Waals surface area contributed by atoms with Gasteiger partial charge in [-0.1, -0.05) is 200 Å². The molecule has 4 heteroatoms. The summed E-state index contributed by atoms with van der Waals surface area (Å²) < 4.78 is 9.61. The van der Waals surface area contributed by atoms with Crippen molar-refractivity contribution in [2.24, 2.45) is 0 Å². The number of hydrogen-bond acceptors (Lipinski definition) is 2. The van der Waals surface area contributed by atoms with Gasteiger partial charge in [0.15, 0.2) is 7.28 Å². The van der Waals surface area contributed by atoms with E-state index in [4.69, 9.17) is 4.42 Å². The van der Waals surface area contributed by atoms with Crippen LogP contribution in [0.1, 0.15) is 27.8 Å². The van der Waals surface area contributed by atoms with Crippen LogP contribution in [0.3, 0.4) is 0 Å². The quantitative estimate of drug-likeness (QED) is 0.175. The number of nitrogens with one attached hydrogen (secondary N) is 1. The van der Waals surface area contributed by atoms with Crippen LogP contribution in [0.25, 0.3) is 82.8 Å². The van der Waals surface area contributed by atoms with Gasteiger partial charge in [-0.15, -0.1) is 0 Å². The maximum Gasteiger partial charge on any atom is 0.198 e. The molecule has 0 radical (unpaired) electrons. The Bertz CT molecular complexity index is 3890. The lowest BCUT2D eigenvalue weighted by Crippen LogP contribution is -2.38. The largest absolute Gasteiger partial charge is 0.455 e. The van der Waals surface area contributed by atoms with Crippen molar-refractivity contribution >= 4 is 73.1 Å². The van der Waals surface area contributed by atoms with E-state index in [0.717, 1.165) is 52.1 Å². The molecular weight excluding hydrogens is 800 g/mol. The molecule has 2 aliphatic heterocycles. The van der Waals surface area contributed by atoms with Gasteiger partial charge >= 0.3 is 0 Å². The van der Waals surface area contributed by atoms with E-state index in [2.05, 4.69) is 235 Å². The van der Waals surface area contributed by atoms with Gasteiger partial charge in [0.2, 0.25) is 0 Å². The number of fused-ring (bicyclic) bond motifs is 10. The van der Waals surface area contributed by atoms with Gasteiger partial charge in [0.05, 0.1) is 16.6 Å². The molecule has 0 spiro atoms. The minimum Gasteiger partial charge on any atom is -0.455 e. The molecule has 0 saturated carbocycles. The van der Waals surface area contributed by atoms with Crippen LogP contribution in [-0.4, -0.2) is 11.8 Å². The third-order valence-electron chi connectivity index (χ3n) is 14.6. The third kappa shape index (κ3) is 5.10. The average Bonchev–Trinajstić information content (AvgIpc) is 3.94. The number of aromatic nitrogens is 1. The van der Waals surface area contributed by atoms with Crippen LogP contribution in [0, 0.1) is 6.92 Å². The first-order valence-electron chi connectivity index (χ1n) is 23.0. The molecule has 2 aromatic heterocycles. The fraction of sp³-hybridized carbons (Fsp3) is 0.0323. The number of para-hydroxylation sites is 2. The molecule has 308 valence electrons. The predicted octanol–water partition coefficient (Wildman–Crippen LogP) is 14.1. The standard InChI is InChI=1S/C62H41BN2O/c1-38-35-46(45-29-18-31-49-59(45)64-51-32-17-16-30-48(51)62(49,42-24-10-4-11-25-42)43-26-12-5-13-27-43)58-60-55(38)57-44-28-15-14-19-39(44)33-34-52(57)65(60)53-36-47-54(37-50(53)63-58)66-61(41-22-8-3-9-23-41)56(47)40-20-6-2-7-21-40/h2-37,63-64H,1H3. The highest BCUT2D eigenvalue weighted by Crippen LogP contribution is 2.56. The molecule has 10 aromatic carbocycles. The van der Waals surface area contributed by atoms with Gasteiger partial charge in [0, 0.05) is 49.7 Å². The van der Waals surface area contributed by atoms with Gasteiger partial charge in [0.25, 0.3) is 0 Å². The molecule has 0 saturated heterocycles. The normalized spacial score (nSPS) is 13.3. The zero-order valence-electron chi connectivity index (χ0n) is 36.3. The van der Waals surface area contributed by atoms with Gasteiger partial charge in [0.1, 0.15) is 11.3 Å². The lowest BCUT2D eigenvalue weighted by molar-refractivity contribution is 0.632. The third-order valence-corrected chi connectivity index (χ3v) is 14.6. The Labute approximate surface area is 383 Å². The molecule has 2 aliphatic rings. The summed E-state index contributed by atoms with van der Waals surface area (Å²) in [6, 6.07) is 80.0. The maximum atomic E-state index is 7.02. The van der Waals surface area contributed by atoms with Crippen LogP contribution >= 0.6 is 0 Å². The van der Waals surface area contributed by atoms with Gasteiger partial charge < -0.3 is 14.3 Å². The summed E-state index contributed by atoms with van der Waals surface area (Å²) in [5.74, 6) is 0.893. The number of nitrogens with zero attached hydrogens (tertiary/aromatic N) is 1. The molecule has 12 aromatic rings. The number of rotatable bonds is 5. The number of benzene rings is 10. The second-order valence-electron chi connectivity index (χ2n) is 18.0. The van der Waals surface area contributed by atoms with Crippen molar-refractivity contribution < 1.29 is 4.42 Å². The van der Waals surface area contributed by atoms with E-state index in [0.29, 0.717) is 0 Å². The fourth-order valence-corrected chi connectivity index (χ4v) is 11.9. The second kappa shape index (κ2) is 14.1. The Morgan fingerprint density at radius 3 is 1.94 bits per heavy atom. The molecule has 0 fully saturated rings. The molecule has 66 heavy (non-hydrogen) atoms. The number of hydrogen-bond donors (Lipinski definition) is 1. The molecule has 0 bridgehead atoms. The minimum atomic E-state index is -0.565. The molecule has 3 nitrogen and oxygen atoms in total. The first kappa shape index (κ1) is 37.1. The molecule has 4 heterocycles. The van der Waals surface area contributed by atoms with Crippen molar-refractivity contribution in [1.29, 1.82) is 0 Å². The maximum absolute atomic E-state index is 7.02. The topological polar surface area (TPSA) is 30.1 Å². The monoisotopic (exact) mass is 840 g/mol. The zero-order chi connectivity index (χ0) is 43.5. The van der Waals surface area contributed by atoms with E-state index in [9.17, 15) is 0 Å². The smallest absolute Gasteiger partial charge is 0.198 e. The number of furan rings is 1. The summed E-state index contributed by atoms with van der Waals surface area (Å²) in [4.78, 5) is 0. The summed E-state index contributed by atoms with van der Waals surface area (Å²) in [5.41, 5.74) is 20.8. The molecule has 0 amide bonds. The van der Waals surface area contributed by atoms with E-state index in [1.807, 2.05) is 0 Å². The number of anilines is 2. The van der Waals surface area contributed by atoms with Crippen molar-refractivity contribution in [1.82, 2.24) is 4.57 Å². The Balaban J connectivity index is 1.09. The van der Waals surface area contributed by atoms with E-state index >= 15 is 0 Å². The van der Waals surface area contributed by atoms with E-state index in [-0.39, 0.29) is 0 Å². The Morgan fingerprint density at radius 2 is 1.18 bits per heavy atom. The van der Waals surface area contributed by atoms with Crippen LogP contribution in [0.4, 0.5) is 11.4 Å². The second-order valence-corrected chi connectivity index (χ2v) is 18.0. The summed E-state index contributed by atoms with van der Waals surface area (Å²) in [6.45, 7) is 2.32. The highest BCUT2D eigenvalue weighted by atomic mass is 16.3. The highest BCUT2D eigenvalue weighted by Gasteiger charge is 2.45. The molecule has 14 rings (SSSR count). The van der Waals surface area contributed by atoms with Crippen LogP contribution in [0.15, 0.2) is 223 Å². The van der Waals surface area contributed by atoms with Crippen molar-refractivity contribution in [3.8, 4) is 39.3 Å². The minimum absolute atomic E-state index is 0.565. The van der Waals surface area contributed by atoms with E-state index in [1.54, 1.807) is 0 Å². The number of aryl methyl sites for hydroxylation is 1. The van der Waals surface area contributed by atoms with Crippen LogP contribution in [0.2, 0.25) is 0 Å². The van der Waals surface area contributed by atoms with Crippen molar-refractivity contribution in [2.75, 3.05) is 5.32 Å². The lowest BCUT2D eigenvalue weighted by atomic mass is 9.58. The molecule has 0 atom stereocenters. The summed E-state index contributed by atoms with van der Waals surface area (Å²) in [7, 11) is 0.746. The highest BCUT2D eigenvalue weighted by molar-refractivity contribution is 6.74. The van der Waals surface area contributed by atoms with Gasteiger partial charge in [-0.25, -0.2) is 0 Å². The summed E-state index contributed by atoms with van der Waals surface area (Å²) >= 11 is 0. The van der Waals surface area contributed by atoms with Gasteiger partial charge in [-0.05, 0) is 86.4 Å². The Hall–Kier alpha value is -8.34. The lowest BCUT2D eigenvalue weighted by Gasteiger charge is -2.43. The fourth-order valence-electron chi connectivity index (χ4n) is 11.9. The molecular formula is C62H41BN2O. The van der Waals surface area contributed by atoms with Crippen LogP contribution in [0.5, 0.6) is 0 Å². The van der Waals surface area contributed by atoms with Crippen LogP contribution < -0.4 is 16.2 Å². The van der Waals surface area contributed by atoms with Crippen molar-refractivity contribution in [3.05, 3.63) is 246 Å². The Kier molecular flexibility index (Phi) is 7.91. The van der Waals surface area contributed by atoms with E-state index < -0.39 is 5.41 Å². The SMILES string of the molecule is Cc1cc(-c2cccc3c2Nc2ccccc2C3(c2ccccc2)c2ccccc2)c2c3c1c1c4ccccc4ccc1n3-c1cc3c(-c4ccccc4)c(-c4ccccc4)oc3cc1B2. The van der Waals surface area contributed by atoms with Gasteiger partial charge in [-0.3, -0.25) is 0 Å². The van der Waals surface area contributed by atoms with Gasteiger partial charge in [-0.2, -0.15) is 0 Å². The van der Waals surface area contributed by atoms with E-state index in [1.165, 1.54) is 88.1 Å².